The number of aliphatic hydroxyl groups excluding tert-OH is 1. The fourth-order valence-electron chi connectivity index (χ4n) is 2.61. The molecule has 0 aliphatic carbocycles. The van der Waals surface area contributed by atoms with E-state index in [1.807, 2.05) is 33.8 Å². The molecule has 6 nitrogen and oxygen atoms in total. The van der Waals surface area contributed by atoms with Gasteiger partial charge in [-0.3, -0.25) is 0 Å². The monoisotopic (exact) mass is 320 g/mol. The van der Waals surface area contributed by atoms with Crippen molar-refractivity contribution in [2.45, 2.75) is 52.3 Å². The molecular weight excluding hydrogens is 296 g/mol. The minimum atomic E-state index is -0.739. The van der Waals surface area contributed by atoms with Gasteiger partial charge in [0.05, 0.1) is 12.3 Å². The molecule has 0 saturated carbocycles. The number of hydrogen-bond acceptors (Lipinski definition) is 4. The van der Waals surface area contributed by atoms with Crippen LogP contribution in [0.1, 0.15) is 55.3 Å². The fourth-order valence-corrected chi connectivity index (χ4v) is 2.61. The molecule has 0 saturated heterocycles. The average molecular weight is 320 g/mol. The summed E-state index contributed by atoms with van der Waals surface area (Å²) in [6.07, 6.45) is 1.15. The van der Waals surface area contributed by atoms with Crippen LogP contribution in [0.15, 0.2) is 33.3 Å². The lowest BCUT2D eigenvalue weighted by Gasteiger charge is -2.19. The lowest BCUT2D eigenvalue weighted by Crippen LogP contribution is -2.42. The summed E-state index contributed by atoms with van der Waals surface area (Å²) in [7, 11) is 0. The molecule has 3 N–H and O–H groups in total. The second kappa shape index (κ2) is 7.37. The van der Waals surface area contributed by atoms with Crippen LogP contribution in [0.2, 0.25) is 0 Å². The molecule has 0 bridgehead atoms. The standard InChI is InChI=1S/C17H24N2O4/c1-10(8-15(20)16-6-5-7-22-16)18-17(21)19-12(3)14-9-11(2)23-13(14)4/h5-7,9-10,12,15,20H,8H2,1-4H3,(H2,18,19,21). The number of furan rings is 2. The topological polar surface area (TPSA) is 87.6 Å². The predicted molar refractivity (Wildman–Crippen MR) is 86.0 cm³/mol. The Morgan fingerprint density at radius 2 is 2.04 bits per heavy atom. The molecule has 2 aromatic rings. The van der Waals surface area contributed by atoms with Crippen LogP contribution >= 0.6 is 0 Å². The van der Waals surface area contributed by atoms with Crippen molar-refractivity contribution in [2.75, 3.05) is 0 Å². The van der Waals surface area contributed by atoms with Gasteiger partial charge in [-0.2, -0.15) is 0 Å². The largest absolute Gasteiger partial charge is 0.467 e. The molecule has 2 heterocycles. The first-order chi connectivity index (χ1) is 10.9. The van der Waals surface area contributed by atoms with Crippen molar-refractivity contribution < 1.29 is 18.7 Å². The maximum atomic E-state index is 12.1. The summed E-state index contributed by atoms with van der Waals surface area (Å²) in [5.74, 6) is 2.12. The normalized spacial score (nSPS) is 15.0. The Morgan fingerprint density at radius 1 is 1.30 bits per heavy atom. The SMILES string of the molecule is Cc1cc(C(C)NC(=O)NC(C)CC(O)c2ccco2)c(C)o1. The van der Waals surface area contributed by atoms with E-state index in [0.717, 1.165) is 17.1 Å². The van der Waals surface area contributed by atoms with Crippen molar-refractivity contribution >= 4 is 6.03 Å². The highest BCUT2D eigenvalue weighted by molar-refractivity contribution is 5.74. The van der Waals surface area contributed by atoms with Crippen LogP contribution in [0.5, 0.6) is 0 Å². The molecule has 2 amide bonds. The molecule has 2 aromatic heterocycles. The highest BCUT2D eigenvalue weighted by atomic mass is 16.4. The lowest BCUT2D eigenvalue weighted by molar-refractivity contribution is 0.129. The Hall–Kier alpha value is -2.21. The second-order valence-electron chi connectivity index (χ2n) is 5.88. The molecule has 3 atom stereocenters. The maximum absolute atomic E-state index is 12.1. The quantitative estimate of drug-likeness (QED) is 0.761. The maximum Gasteiger partial charge on any atom is 0.315 e. The first-order valence-electron chi connectivity index (χ1n) is 7.72. The molecule has 23 heavy (non-hydrogen) atoms. The van der Waals surface area contributed by atoms with Gasteiger partial charge in [0.2, 0.25) is 0 Å². The molecule has 0 aliphatic heterocycles. The van der Waals surface area contributed by atoms with Crippen molar-refractivity contribution in [3.63, 3.8) is 0 Å². The van der Waals surface area contributed by atoms with E-state index < -0.39 is 6.10 Å². The third kappa shape index (κ3) is 4.63. The van der Waals surface area contributed by atoms with Crippen LogP contribution in [-0.4, -0.2) is 17.2 Å². The van der Waals surface area contributed by atoms with Crippen molar-refractivity contribution in [1.29, 1.82) is 0 Å². The summed E-state index contributed by atoms with van der Waals surface area (Å²) < 4.78 is 10.6. The summed E-state index contributed by atoms with van der Waals surface area (Å²) in [5, 5.41) is 15.7. The number of aliphatic hydroxyl groups is 1. The van der Waals surface area contributed by atoms with Gasteiger partial charge in [0.15, 0.2) is 0 Å². The lowest BCUT2D eigenvalue weighted by atomic mass is 10.1. The molecule has 0 aromatic carbocycles. The Bertz CT molecular complexity index is 633. The molecule has 3 unspecified atom stereocenters. The average Bonchev–Trinajstić information content (AvgIpc) is 3.07. The van der Waals surface area contributed by atoms with Crippen LogP contribution in [-0.2, 0) is 0 Å². The van der Waals surface area contributed by atoms with Gasteiger partial charge >= 0.3 is 6.03 Å². The van der Waals surface area contributed by atoms with Crippen LogP contribution < -0.4 is 10.6 Å². The van der Waals surface area contributed by atoms with E-state index in [9.17, 15) is 9.90 Å². The van der Waals surface area contributed by atoms with E-state index in [1.165, 1.54) is 6.26 Å². The summed E-state index contributed by atoms with van der Waals surface area (Å²) in [5.41, 5.74) is 0.959. The molecular formula is C17H24N2O4. The summed E-state index contributed by atoms with van der Waals surface area (Å²) in [6, 6.07) is 4.72. The van der Waals surface area contributed by atoms with Crippen LogP contribution in [0.25, 0.3) is 0 Å². The van der Waals surface area contributed by atoms with Gasteiger partial charge in [-0.15, -0.1) is 0 Å². The van der Waals surface area contributed by atoms with Gasteiger partial charge in [-0.05, 0) is 45.9 Å². The highest BCUT2D eigenvalue weighted by Crippen LogP contribution is 2.21. The van der Waals surface area contributed by atoms with E-state index in [1.54, 1.807) is 12.1 Å². The predicted octanol–water partition coefficient (Wildman–Crippen LogP) is 3.36. The van der Waals surface area contributed by atoms with E-state index in [-0.39, 0.29) is 18.1 Å². The Kier molecular flexibility index (Phi) is 5.50. The molecule has 0 aliphatic rings. The molecule has 126 valence electrons. The molecule has 0 fully saturated rings. The second-order valence-corrected chi connectivity index (χ2v) is 5.88. The summed E-state index contributed by atoms with van der Waals surface area (Å²) in [6.45, 7) is 7.49. The minimum absolute atomic E-state index is 0.158. The van der Waals surface area contributed by atoms with E-state index in [0.29, 0.717) is 12.2 Å². The molecule has 6 heteroatoms. The Labute approximate surface area is 135 Å². The molecule has 0 spiro atoms. The number of aryl methyl sites for hydroxylation is 2. The van der Waals surface area contributed by atoms with Crippen molar-refractivity contribution in [1.82, 2.24) is 10.6 Å². The fraction of sp³-hybridized carbons (Fsp3) is 0.471. The molecule has 2 rings (SSSR count). The number of nitrogens with one attached hydrogen (secondary N) is 2. The van der Waals surface area contributed by atoms with Crippen LogP contribution in [0.3, 0.4) is 0 Å². The Balaban J connectivity index is 1.83. The van der Waals surface area contributed by atoms with Crippen molar-refractivity contribution in [3.05, 3.63) is 47.3 Å². The number of hydrogen-bond donors (Lipinski definition) is 3. The summed E-state index contributed by atoms with van der Waals surface area (Å²) in [4.78, 5) is 12.1. The van der Waals surface area contributed by atoms with Crippen LogP contribution in [0.4, 0.5) is 4.79 Å². The van der Waals surface area contributed by atoms with E-state index in [4.69, 9.17) is 8.83 Å². The number of urea groups is 1. The first kappa shape index (κ1) is 17.1. The van der Waals surface area contributed by atoms with Gasteiger partial charge in [-0.25, -0.2) is 4.79 Å². The highest BCUT2D eigenvalue weighted by Gasteiger charge is 2.19. The zero-order chi connectivity index (χ0) is 17.0. The number of amides is 2. The Morgan fingerprint density at radius 3 is 2.61 bits per heavy atom. The number of carbonyl (C=O) groups is 1. The van der Waals surface area contributed by atoms with E-state index >= 15 is 0 Å². The minimum Gasteiger partial charge on any atom is -0.467 e. The van der Waals surface area contributed by atoms with Gasteiger partial charge in [0.25, 0.3) is 0 Å². The first-order valence-corrected chi connectivity index (χ1v) is 7.72. The number of rotatable bonds is 6. The number of carbonyl (C=O) groups excluding carboxylic acids is 1. The van der Waals surface area contributed by atoms with E-state index in [2.05, 4.69) is 10.6 Å². The zero-order valence-electron chi connectivity index (χ0n) is 13.9. The van der Waals surface area contributed by atoms with Crippen LogP contribution in [0, 0.1) is 13.8 Å². The smallest absolute Gasteiger partial charge is 0.315 e. The third-order valence-electron chi connectivity index (χ3n) is 3.72. The summed E-state index contributed by atoms with van der Waals surface area (Å²) >= 11 is 0. The van der Waals surface area contributed by atoms with Crippen molar-refractivity contribution in [3.8, 4) is 0 Å². The molecule has 0 radical (unpaired) electrons. The van der Waals surface area contributed by atoms with Gasteiger partial charge in [-0.1, -0.05) is 0 Å². The third-order valence-corrected chi connectivity index (χ3v) is 3.72. The van der Waals surface area contributed by atoms with Gasteiger partial charge in [0, 0.05) is 18.0 Å². The van der Waals surface area contributed by atoms with Gasteiger partial charge < -0.3 is 24.6 Å². The zero-order valence-corrected chi connectivity index (χ0v) is 13.9. The van der Waals surface area contributed by atoms with Crippen molar-refractivity contribution in [2.24, 2.45) is 0 Å². The van der Waals surface area contributed by atoms with Gasteiger partial charge in [0.1, 0.15) is 23.4 Å².